The summed E-state index contributed by atoms with van der Waals surface area (Å²) in [6.45, 7) is 9.97. The molecule has 2 rings (SSSR count). The van der Waals surface area contributed by atoms with Crippen molar-refractivity contribution in [2.75, 3.05) is 26.7 Å². The maximum Gasteiger partial charge on any atom is 0.0592 e. The quantitative estimate of drug-likeness (QED) is 0.913. The van der Waals surface area contributed by atoms with Crippen molar-refractivity contribution >= 4 is 27.3 Å². The number of nitrogens with two attached hydrogens (primary N) is 1. The molecule has 2 heterocycles. The van der Waals surface area contributed by atoms with Gasteiger partial charge in [0, 0.05) is 45.9 Å². The highest BCUT2D eigenvalue weighted by atomic mass is 79.9. The van der Waals surface area contributed by atoms with Gasteiger partial charge in [-0.3, -0.25) is 9.80 Å². The molecule has 108 valence electrons. The smallest absolute Gasteiger partial charge is 0.0592 e. The van der Waals surface area contributed by atoms with Gasteiger partial charge >= 0.3 is 0 Å². The van der Waals surface area contributed by atoms with E-state index in [0.717, 1.165) is 24.1 Å². The van der Waals surface area contributed by atoms with Gasteiger partial charge in [0.1, 0.15) is 0 Å². The standard InChI is InChI=1S/C14H24BrN3S/c1-10(16)13(12-7-11(15)8-19-12)18-6-5-17(4)14(2,3)9-18/h7-8,10,13H,5-6,9,16H2,1-4H3. The molecule has 1 aromatic heterocycles. The normalized spacial score (nSPS) is 24.3. The molecule has 0 spiro atoms. The lowest BCUT2D eigenvalue weighted by molar-refractivity contribution is 0.0121. The Kier molecular flexibility index (Phi) is 4.73. The number of nitrogens with zero attached hydrogens (tertiary/aromatic N) is 2. The Morgan fingerprint density at radius 1 is 1.42 bits per heavy atom. The minimum atomic E-state index is 0.143. The molecule has 0 aliphatic carbocycles. The van der Waals surface area contributed by atoms with E-state index in [1.165, 1.54) is 4.88 Å². The van der Waals surface area contributed by atoms with E-state index in [0.29, 0.717) is 6.04 Å². The van der Waals surface area contributed by atoms with Gasteiger partial charge in [-0.2, -0.15) is 0 Å². The molecule has 1 fully saturated rings. The zero-order valence-corrected chi connectivity index (χ0v) is 14.6. The van der Waals surface area contributed by atoms with Gasteiger partial charge in [-0.25, -0.2) is 0 Å². The van der Waals surface area contributed by atoms with Crippen molar-refractivity contribution in [2.24, 2.45) is 5.73 Å². The third-order valence-electron chi connectivity index (χ3n) is 4.12. The van der Waals surface area contributed by atoms with Crippen LogP contribution in [-0.4, -0.2) is 48.1 Å². The van der Waals surface area contributed by atoms with E-state index in [-0.39, 0.29) is 11.6 Å². The molecule has 1 aliphatic rings. The molecule has 0 amide bonds. The van der Waals surface area contributed by atoms with E-state index in [9.17, 15) is 0 Å². The maximum atomic E-state index is 6.27. The van der Waals surface area contributed by atoms with Crippen LogP contribution in [0.5, 0.6) is 0 Å². The second-order valence-corrected chi connectivity index (χ2v) is 8.03. The minimum absolute atomic E-state index is 0.143. The highest BCUT2D eigenvalue weighted by molar-refractivity contribution is 9.10. The number of likely N-dealkylation sites (N-methyl/N-ethyl adjacent to an activating group) is 1. The van der Waals surface area contributed by atoms with E-state index in [1.807, 2.05) is 0 Å². The summed E-state index contributed by atoms with van der Waals surface area (Å²) in [6, 6.07) is 2.68. The Labute approximate surface area is 128 Å². The molecular formula is C14H24BrN3S. The second kappa shape index (κ2) is 5.82. The maximum absolute atomic E-state index is 6.27. The van der Waals surface area contributed by atoms with E-state index in [2.05, 4.69) is 65.0 Å². The average molecular weight is 346 g/mol. The first kappa shape index (κ1) is 15.4. The summed E-state index contributed by atoms with van der Waals surface area (Å²) >= 11 is 5.35. The lowest BCUT2D eigenvalue weighted by Gasteiger charge is -2.48. The molecule has 1 saturated heterocycles. The fourth-order valence-corrected chi connectivity index (χ4v) is 4.46. The monoisotopic (exact) mass is 345 g/mol. The summed E-state index contributed by atoms with van der Waals surface area (Å²) in [5, 5.41) is 2.14. The minimum Gasteiger partial charge on any atom is -0.326 e. The summed E-state index contributed by atoms with van der Waals surface area (Å²) < 4.78 is 1.16. The van der Waals surface area contributed by atoms with Gasteiger partial charge in [0.05, 0.1) is 6.04 Å². The second-order valence-electron chi connectivity index (χ2n) is 6.18. The number of hydrogen-bond donors (Lipinski definition) is 1. The van der Waals surface area contributed by atoms with E-state index < -0.39 is 0 Å². The SMILES string of the molecule is CC(N)C(c1cc(Br)cs1)N1CCN(C)C(C)(C)C1. The van der Waals surface area contributed by atoms with Gasteiger partial charge in [0.2, 0.25) is 0 Å². The zero-order valence-electron chi connectivity index (χ0n) is 12.2. The Morgan fingerprint density at radius 2 is 2.11 bits per heavy atom. The molecule has 1 aromatic rings. The first-order chi connectivity index (χ1) is 8.81. The van der Waals surface area contributed by atoms with Gasteiger partial charge in [0.25, 0.3) is 0 Å². The lowest BCUT2D eigenvalue weighted by atomic mass is 9.96. The summed E-state index contributed by atoms with van der Waals surface area (Å²) in [4.78, 5) is 6.34. The van der Waals surface area contributed by atoms with Crippen LogP contribution < -0.4 is 5.73 Å². The van der Waals surface area contributed by atoms with E-state index in [4.69, 9.17) is 5.73 Å². The van der Waals surface area contributed by atoms with Crippen LogP contribution in [0.1, 0.15) is 31.7 Å². The van der Waals surface area contributed by atoms with Crippen molar-refractivity contribution < 1.29 is 0 Å². The Morgan fingerprint density at radius 3 is 2.58 bits per heavy atom. The molecule has 2 unspecified atom stereocenters. The van der Waals surface area contributed by atoms with Crippen molar-refractivity contribution in [3.8, 4) is 0 Å². The van der Waals surface area contributed by atoms with Crippen LogP contribution in [0.15, 0.2) is 15.9 Å². The molecule has 0 saturated carbocycles. The summed E-state index contributed by atoms with van der Waals surface area (Å²) in [5.74, 6) is 0. The van der Waals surface area contributed by atoms with Crippen molar-refractivity contribution in [3.05, 3.63) is 20.8 Å². The fraction of sp³-hybridized carbons (Fsp3) is 0.714. The van der Waals surface area contributed by atoms with Crippen LogP contribution in [0.3, 0.4) is 0 Å². The molecular weight excluding hydrogens is 322 g/mol. The van der Waals surface area contributed by atoms with Crippen LogP contribution in [0, 0.1) is 0 Å². The number of rotatable bonds is 3. The van der Waals surface area contributed by atoms with Crippen molar-refractivity contribution in [2.45, 2.75) is 38.4 Å². The van der Waals surface area contributed by atoms with Crippen molar-refractivity contribution in [3.63, 3.8) is 0 Å². The topological polar surface area (TPSA) is 32.5 Å². The van der Waals surface area contributed by atoms with Gasteiger partial charge in [-0.05, 0) is 49.8 Å². The number of halogens is 1. The Bertz CT molecular complexity index is 430. The molecule has 0 bridgehead atoms. The largest absolute Gasteiger partial charge is 0.326 e. The molecule has 3 nitrogen and oxygen atoms in total. The van der Waals surface area contributed by atoms with Gasteiger partial charge in [-0.1, -0.05) is 0 Å². The molecule has 0 radical (unpaired) electrons. The first-order valence-electron chi connectivity index (χ1n) is 6.76. The third-order valence-corrected chi connectivity index (χ3v) is 5.88. The summed E-state index contributed by atoms with van der Waals surface area (Å²) in [7, 11) is 2.21. The highest BCUT2D eigenvalue weighted by Gasteiger charge is 2.36. The number of thiophene rings is 1. The van der Waals surface area contributed by atoms with E-state index in [1.54, 1.807) is 11.3 Å². The molecule has 2 atom stereocenters. The van der Waals surface area contributed by atoms with Gasteiger partial charge in [0.15, 0.2) is 0 Å². The van der Waals surface area contributed by atoms with Crippen molar-refractivity contribution in [1.82, 2.24) is 9.80 Å². The highest BCUT2D eigenvalue weighted by Crippen LogP contribution is 2.34. The molecule has 2 N–H and O–H groups in total. The summed E-state index contributed by atoms with van der Waals surface area (Å²) in [6.07, 6.45) is 0. The van der Waals surface area contributed by atoms with Crippen LogP contribution in [-0.2, 0) is 0 Å². The van der Waals surface area contributed by atoms with Crippen molar-refractivity contribution in [1.29, 1.82) is 0 Å². The Hall–Kier alpha value is 0.0600. The van der Waals surface area contributed by atoms with Crippen LogP contribution in [0.25, 0.3) is 0 Å². The molecule has 1 aliphatic heterocycles. The molecule has 0 aromatic carbocycles. The first-order valence-corrected chi connectivity index (χ1v) is 8.43. The zero-order chi connectivity index (χ0) is 14.2. The predicted molar refractivity (Wildman–Crippen MR) is 86.7 cm³/mol. The fourth-order valence-electron chi connectivity index (χ4n) is 2.77. The lowest BCUT2D eigenvalue weighted by Crippen LogP contribution is -2.59. The average Bonchev–Trinajstić information content (AvgIpc) is 2.69. The van der Waals surface area contributed by atoms with Crippen LogP contribution in [0.4, 0.5) is 0 Å². The van der Waals surface area contributed by atoms with Crippen LogP contribution >= 0.6 is 27.3 Å². The predicted octanol–water partition coefficient (Wildman–Crippen LogP) is 2.92. The van der Waals surface area contributed by atoms with Gasteiger partial charge < -0.3 is 5.73 Å². The molecule has 19 heavy (non-hydrogen) atoms. The Balaban J connectivity index is 2.21. The van der Waals surface area contributed by atoms with E-state index >= 15 is 0 Å². The third kappa shape index (κ3) is 3.39. The number of hydrogen-bond acceptors (Lipinski definition) is 4. The van der Waals surface area contributed by atoms with Crippen LogP contribution in [0.2, 0.25) is 0 Å². The van der Waals surface area contributed by atoms with Gasteiger partial charge in [-0.15, -0.1) is 11.3 Å². The number of piperazine rings is 1. The molecule has 5 heteroatoms. The summed E-state index contributed by atoms with van der Waals surface area (Å²) in [5.41, 5.74) is 6.48.